The molecule has 5 heteroatoms. The first-order valence-corrected chi connectivity index (χ1v) is 6.77. The molecule has 1 amide bonds. The quantitative estimate of drug-likeness (QED) is 0.850. The molecule has 1 aliphatic rings. The molecule has 0 saturated heterocycles. The first kappa shape index (κ1) is 11.1. The lowest BCUT2D eigenvalue weighted by Crippen LogP contribution is -2.37. The van der Waals surface area contributed by atoms with E-state index >= 15 is 0 Å². The van der Waals surface area contributed by atoms with Crippen molar-refractivity contribution in [3.63, 3.8) is 0 Å². The van der Waals surface area contributed by atoms with Crippen LogP contribution in [0.15, 0.2) is 6.20 Å². The molecular formula is C10H13BrN2OS. The first-order valence-electron chi connectivity index (χ1n) is 5.04. The predicted molar refractivity (Wildman–Crippen MR) is 64.7 cm³/mol. The average Bonchev–Trinajstić information content (AvgIpc) is 2.77. The van der Waals surface area contributed by atoms with Crippen molar-refractivity contribution in [3.05, 3.63) is 16.1 Å². The number of aryl methyl sites for hydroxylation is 1. The number of amides is 1. The number of halogens is 1. The van der Waals surface area contributed by atoms with E-state index in [1.54, 1.807) is 6.20 Å². The molecule has 15 heavy (non-hydrogen) atoms. The van der Waals surface area contributed by atoms with Crippen molar-refractivity contribution >= 4 is 33.2 Å². The largest absolute Gasteiger partial charge is 0.347 e. The summed E-state index contributed by atoms with van der Waals surface area (Å²) in [4.78, 5) is 17.0. The highest BCUT2D eigenvalue weighted by Crippen LogP contribution is 2.26. The molecule has 2 rings (SSSR count). The standard InChI is InChI=1S/C10H13BrN2OS/c1-6-12-5-9(15-6)10(14)13-8-4-2-3-7(8)11/h5,7-8H,2-4H2,1H3,(H,13,14). The summed E-state index contributed by atoms with van der Waals surface area (Å²) < 4.78 is 0. The molecule has 0 aromatic carbocycles. The molecule has 82 valence electrons. The lowest BCUT2D eigenvalue weighted by molar-refractivity contribution is 0.0943. The number of nitrogens with one attached hydrogen (secondary N) is 1. The van der Waals surface area contributed by atoms with E-state index in [1.807, 2.05) is 6.92 Å². The molecule has 0 radical (unpaired) electrons. The van der Waals surface area contributed by atoms with Gasteiger partial charge in [0.1, 0.15) is 4.88 Å². The van der Waals surface area contributed by atoms with Crippen molar-refractivity contribution < 1.29 is 4.79 Å². The van der Waals surface area contributed by atoms with Gasteiger partial charge in [-0.2, -0.15) is 0 Å². The Labute approximate surface area is 101 Å². The van der Waals surface area contributed by atoms with Crippen LogP contribution in [-0.2, 0) is 0 Å². The number of aromatic nitrogens is 1. The van der Waals surface area contributed by atoms with Gasteiger partial charge in [-0.15, -0.1) is 11.3 Å². The molecule has 1 aromatic rings. The van der Waals surface area contributed by atoms with E-state index in [2.05, 4.69) is 26.2 Å². The second kappa shape index (κ2) is 4.61. The van der Waals surface area contributed by atoms with E-state index in [4.69, 9.17) is 0 Å². The van der Waals surface area contributed by atoms with Crippen LogP contribution in [-0.4, -0.2) is 21.8 Å². The van der Waals surface area contributed by atoms with Crippen LogP contribution in [0, 0.1) is 6.92 Å². The Bertz CT molecular complexity index is 366. The summed E-state index contributed by atoms with van der Waals surface area (Å²) in [5, 5.41) is 3.98. The highest BCUT2D eigenvalue weighted by atomic mass is 79.9. The third-order valence-electron chi connectivity index (χ3n) is 2.59. The molecule has 1 saturated carbocycles. The van der Waals surface area contributed by atoms with Crippen molar-refractivity contribution in [2.24, 2.45) is 0 Å². The third kappa shape index (κ3) is 2.58. The Morgan fingerprint density at radius 1 is 1.67 bits per heavy atom. The van der Waals surface area contributed by atoms with Gasteiger partial charge < -0.3 is 5.32 Å². The van der Waals surface area contributed by atoms with Crippen LogP contribution in [0.3, 0.4) is 0 Å². The molecule has 1 aliphatic carbocycles. The Kier molecular flexibility index (Phi) is 3.41. The number of thiazole rings is 1. The van der Waals surface area contributed by atoms with E-state index in [0.29, 0.717) is 9.70 Å². The highest BCUT2D eigenvalue weighted by molar-refractivity contribution is 9.09. The SMILES string of the molecule is Cc1ncc(C(=O)NC2CCCC2Br)s1. The summed E-state index contributed by atoms with van der Waals surface area (Å²) in [6, 6.07) is 0.278. The fourth-order valence-corrected chi connectivity index (χ4v) is 3.18. The van der Waals surface area contributed by atoms with Crippen LogP contribution in [0.5, 0.6) is 0 Å². The zero-order valence-corrected chi connectivity index (χ0v) is 10.9. The third-order valence-corrected chi connectivity index (χ3v) is 4.60. The van der Waals surface area contributed by atoms with Gasteiger partial charge in [0.25, 0.3) is 5.91 Å². The zero-order chi connectivity index (χ0) is 10.8. The summed E-state index contributed by atoms with van der Waals surface area (Å²) in [5.74, 6) is 0.0111. The van der Waals surface area contributed by atoms with E-state index < -0.39 is 0 Å². The van der Waals surface area contributed by atoms with Crippen LogP contribution in [0.2, 0.25) is 0 Å². The van der Waals surface area contributed by atoms with Gasteiger partial charge in [-0.05, 0) is 19.8 Å². The molecule has 0 bridgehead atoms. The topological polar surface area (TPSA) is 42.0 Å². The van der Waals surface area contributed by atoms with Crippen LogP contribution in [0.1, 0.15) is 33.9 Å². The van der Waals surface area contributed by atoms with Gasteiger partial charge in [-0.1, -0.05) is 22.4 Å². The monoisotopic (exact) mass is 288 g/mol. The molecule has 1 fully saturated rings. The fourth-order valence-electron chi connectivity index (χ4n) is 1.78. The number of rotatable bonds is 2. The van der Waals surface area contributed by atoms with Crippen molar-refractivity contribution in [2.45, 2.75) is 37.1 Å². The van der Waals surface area contributed by atoms with Crippen molar-refractivity contribution in [1.29, 1.82) is 0 Å². The minimum absolute atomic E-state index is 0.0111. The number of nitrogens with zero attached hydrogens (tertiary/aromatic N) is 1. The smallest absolute Gasteiger partial charge is 0.263 e. The summed E-state index contributed by atoms with van der Waals surface area (Å²) >= 11 is 5.03. The number of alkyl halides is 1. The molecule has 3 nitrogen and oxygen atoms in total. The Morgan fingerprint density at radius 2 is 2.47 bits per heavy atom. The summed E-state index contributed by atoms with van der Waals surface area (Å²) in [5.41, 5.74) is 0. The van der Waals surface area contributed by atoms with Gasteiger partial charge in [0.15, 0.2) is 0 Å². The molecule has 0 aliphatic heterocycles. The molecular weight excluding hydrogens is 276 g/mol. The van der Waals surface area contributed by atoms with E-state index in [0.717, 1.165) is 17.8 Å². The number of hydrogen-bond acceptors (Lipinski definition) is 3. The first-order chi connectivity index (χ1) is 7.16. The molecule has 1 heterocycles. The van der Waals surface area contributed by atoms with Crippen LogP contribution in [0.25, 0.3) is 0 Å². The maximum absolute atomic E-state index is 11.8. The van der Waals surface area contributed by atoms with E-state index in [1.165, 1.54) is 17.8 Å². The van der Waals surface area contributed by atoms with Gasteiger partial charge >= 0.3 is 0 Å². The average molecular weight is 289 g/mol. The Morgan fingerprint density at radius 3 is 3.00 bits per heavy atom. The molecule has 2 unspecified atom stereocenters. The zero-order valence-electron chi connectivity index (χ0n) is 8.50. The second-order valence-corrected chi connectivity index (χ2v) is 6.18. The van der Waals surface area contributed by atoms with E-state index in [-0.39, 0.29) is 11.9 Å². The number of hydrogen-bond donors (Lipinski definition) is 1. The van der Waals surface area contributed by atoms with Gasteiger partial charge in [0, 0.05) is 10.9 Å². The molecule has 1 aromatic heterocycles. The molecule has 0 spiro atoms. The number of carbonyl (C=O) groups excluding carboxylic acids is 1. The lowest BCUT2D eigenvalue weighted by atomic mass is 10.2. The van der Waals surface area contributed by atoms with Gasteiger partial charge in [-0.25, -0.2) is 4.98 Å². The molecule has 2 atom stereocenters. The summed E-state index contributed by atoms with van der Waals surface area (Å²) in [7, 11) is 0. The number of carbonyl (C=O) groups is 1. The van der Waals surface area contributed by atoms with E-state index in [9.17, 15) is 4.79 Å². The lowest BCUT2D eigenvalue weighted by Gasteiger charge is -2.14. The van der Waals surface area contributed by atoms with Crippen LogP contribution < -0.4 is 5.32 Å². The van der Waals surface area contributed by atoms with Gasteiger partial charge in [0.2, 0.25) is 0 Å². The van der Waals surface area contributed by atoms with Crippen LogP contribution in [0.4, 0.5) is 0 Å². The Hall–Kier alpha value is -0.420. The fraction of sp³-hybridized carbons (Fsp3) is 0.600. The minimum atomic E-state index is 0.0111. The maximum Gasteiger partial charge on any atom is 0.263 e. The van der Waals surface area contributed by atoms with Crippen molar-refractivity contribution in [3.8, 4) is 0 Å². The van der Waals surface area contributed by atoms with Crippen molar-refractivity contribution in [1.82, 2.24) is 10.3 Å². The van der Waals surface area contributed by atoms with Gasteiger partial charge in [0.05, 0.1) is 11.2 Å². The summed E-state index contributed by atoms with van der Waals surface area (Å²) in [6.45, 7) is 1.91. The molecule has 1 N–H and O–H groups in total. The van der Waals surface area contributed by atoms with Crippen molar-refractivity contribution in [2.75, 3.05) is 0 Å². The maximum atomic E-state index is 11.8. The second-order valence-electron chi connectivity index (χ2n) is 3.77. The minimum Gasteiger partial charge on any atom is -0.347 e. The van der Waals surface area contributed by atoms with Gasteiger partial charge in [-0.3, -0.25) is 4.79 Å². The summed E-state index contributed by atoms with van der Waals surface area (Å²) in [6.07, 6.45) is 5.04. The Balaban J connectivity index is 1.97. The predicted octanol–water partition coefficient (Wildman–Crippen LogP) is 2.50. The van der Waals surface area contributed by atoms with Crippen LogP contribution >= 0.6 is 27.3 Å². The highest BCUT2D eigenvalue weighted by Gasteiger charge is 2.26. The normalized spacial score (nSPS) is 25.5.